The van der Waals surface area contributed by atoms with Gasteiger partial charge in [0, 0.05) is 17.8 Å². The van der Waals surface area contributed by atoms with Gasteiger partial charge in [-0.15, -0.1) is 11.6 Å². The molecule has 1 fully saturated rings. The Morgan fingerprint density at radius 1 is 1.43 bits per heavy atom. The minimum Gasteiger partial charge on any atom is -0.264 e. The van der Waals surface area contributed by atoms with Crippen molar-refractivity contribution < 1.29 is 0 Å². The van der Waals surface area contributed by atoms with Crippen LogP contribution in [0, 0.1) is 5.92 Å². The standard InChI is InChI=1S/C12H16ClN/c1-9-4-5-11(13)7-12(9)10-3-2-6-14-8-10/h2-3,6,8-9,11-12H,4-5,7H2,1H3. The zero-order valence-electron chi connectivity index (χ0n) is 8.49. The van der Waals surface area contributed by atoms with E-state index >= 15 is 0 Å². The zero-order valence-corrected chi connectivity index (χ0v) is 9.24. The van der Waals surface area contributed by atoms with Gasteiger partial charge in [0.2, 0.25) is 0 Å². The average Bonchev–Trinajstić information content (AvgIpc) is 2.23. The normalized spacial score (nSPS) is 32.9. The van der Waals surface area contributed by atoms with Gasteiger partial charge in [0.25, 0.3) is 0 Å². The fourth-order valence-electron chi connectivity index (χ4n) is 2.33. The van der Waals surface area contributed by atoms with E-state index in [9.17, 15) is 0 Å². The molecule has 0 spiro atoms. The predicted octanol–water partition coefficient (Wildman–Crippen LogP) is 3.59. The largest absolute Gasteiger partial charge is 0.264 e. The number of alkyl halides is 1. The summed E-state index contributed by atoms with van der Waals surface area (Å²) in [5.74, 6) is 1.36. The van der Waals surface area contributed by atoms with Crippen LogP contribution < -0.4 is 0 Å². The Kier molecular flexibility index (Phi) is 3.07. The summed E-state index contributed by atoms with van der Waals surface area (Å²) < 4.78 is 0. The van der Waals surface area contributed by atoms with Gasteiger partial charge in [-0.3, -0.25) is 4.98 Å². The van der Waals surface area contributed by atoms with Gasteiger partial charge in [-0.2, -0.15) is 0 Å². The summed E-state index contributed by atoms with van der Waals surface area (Å²) in [6.07, 6.45) is 7.33. The lowest BCUT2D eigenvalue weighted by molar-refractivity contribution is 0.334. The molecule has 76 valence electrons. The third kappa shape index (κ3) is 2.09. The van der Waals surface area contributed by atoms with Crippen molar-refractivity contribution in [2.75, 3.05) is 0 Å². The lowest BCUT2D eigenvalue weighted by Crippen LogP contribution is -2.21. The Bertz CT molecular complexity index is 286. The molecule has 1 aromatic rings. The molecule has 1 aliphatic carbocycles. The van der Waals surface area contributed by atoms with Crippen LogP contribution >= 0.6 is 11.6 Å². The molecule has 1 saturated carbocycles. The van der Waals surface area contributed by atoms with Crippen molar-refractivity contribution in [3.63, 3.8) is 0 Å². The number of hydrogen-bond donors (Lipinski definition) is 0. The number of rotatable bonds is 1. The molecule has 0 aromatic carbocycles. The first-order chi connectivity index (χ1) is 6.77. The van der Waals surface area contributed by atoms with E-state index in [-0.39, 0.29) is 0 Å². The molecule has 2 rings (SSSR count). The maximum absolute atomic E-state index is 6.21. The summed E-state index contributed by atoms with van der Waals surface area (Å²) in [6, 6.07) is 4.18. The van der Waals surface area contributed by atoms with Gasteiger partial charge in [0.1, 0.15) is 0 Å². The zero-order chi connectivity index (χ0) is 9.97. The van der Waals surface area contributed by atoms with E-state index in [0.717, 1.165) is 12.3 Å². The Balaban J connectivity index is 2.16. The lowest BCUT2D eigenvalue weighted by Gasteiger charge is -2.31. The molecule has 1 aromatic heterocycles. The number of halogens is 1. The third-order valence-corrected chi connectivity index (χ3v) is 3.64. The Morgan fingerprint density at radius 3 is 3.00 bits per heavy atom. The molecule has 0 amide bonds. The molecule has 1 aliphatic rings. The van der Waals surface area contributed by atoms with Gasteiger partial charge in [-0.1, -0.05) is 13.0 Å². The number of hydrogen-bond acceptors (Lipinski definition) is 1. The van der Waals surface area contributed by atoms with Gasteiger partial charge in [0.15, 0.2) is 0 Å². The van der Waals surface area contributed by atoms with E-state index in [1.165, 1.54) is 18.4 Å². The van der Waals surface area contributed by atoms with Gasteiger partial charge >= 0.3 is 0 Å². The molecule has 2 heteroatoms. The molecule has 14 heavy (non-hydrogen) atoms. The molecular weight excluding hydrogens is 194 g/mol. The first-order valence-electron chi connectivity index (χ1n) is 5.31. The summed E-state index contributed by atoms with van der Waals surface area (Å²) in [5.41, 5.74) is 1.35. The first kappa shape index (κ1) is 9.97. The minimum absolute atomic E-state index is 0.358. The molecule has 0 N–H and O–H groups in total. The summed E-state index contributed by atoms with van der Waals surface area (Å²) >= 11 is 6.21. The summed E-state index contributed by atoms with van der Waals surface area (Å²) in [6.45, 7) is 2.32. The third-order valence-electron chi connectivity index (χ3n) is 3.24. The summed E-state index contributed by atoms with van der Waals surface area (Å²) in [5, 5.41) is 0.358. The highest BCUT2D eigenvalue weighted by Gasteiger charge is 2.27. The average molecular weight is 210 g/mol. The Morgan fingerprint density at radius 2 is 2.29 bits per heavy atom. The second-order valence-corrected chi connectivity index (χ2v) is 4.90. The van der Waals surface area contributed by atoms with Crippen molar-refractivity contribution in [3.05, 3.63) is 30.1 Å². The van der Waals surface area contributed by atoms with Crippen molar-refractivity contribution in [2.24, 2.45) is 5.92 Å². The SMILES string of the molecule is CC1CCC(Cl)CC1c1cccnc1. The van der Waals surface area contributed by atoms with Crippen molar-refractivity contribution in [1.29, 1.82) is 0 Å². The monoisotopic (exact) mass is 209 g/mol. The van der Waals surface area contributed by atoms with Crippen molar-refractivity contribution in [2.45, 2.75) is 37.5 Å². The number of nitrogens with zero attached hydrogens (tertiary/aromatic N) is 1. The van der Waals surface area contributed by atoms with Crippen molar-refractivity contribution >= 4 is 11.6 Å². The topological polar surface area (TPSA) is 12.9 Å². The molecule has 3 unspecified atom stereocenters. The van der Waals surface area contributed by atoms with Crippen LogP contribution in [0.25, 0.3) is 0 Å². The van der Waals surface area contributed by atoms with Crippen LogP contribution in [0.15, 0.2) is 24.5 Å². The fraction of sp³-hybridized carbons (Fsp3) is 0.583. The van der Waals surface area contributed by atoms with E-state index in [2.05, 4.69) is 18.0 Å². The lowest BCUT2D eigenvalue weighted by atomic mass is 9.77. The predicted molar refractivity (Wildman–Crippen MR) is 59.6 cm³/mol. The minimum atomic E-state index is 0.358. The second-order valence-electron chi connectivity index (χ2n) is 4.28. The first-order valence-corrected chi connectivity index (χ1v) is 5.75. The summed E-state index contributed by atoms with van der Waals surface area (Å²) in [4.78, 5) is 4.18. The van der Waals surface area contributed by atoms with Gasteiger partial charge in [-0.25, -0.2) is 0 Å². The van der Waals surface area contributed by atoms with Gasteiger partial charge in [-0.05, 0) is 42.7 Å². The van der Waals surface area contributed by atoms with Crippen LogP contribution in [0.2, 0.25) is 0 Å². The van der Waals surface area contributed by atoms with Crippen LogP contribution in [0.3, 0.4) is 0 Å². The number of aromatic nitrogens is 1. The van der Waals surface area contributed by atoms with Gasteiger partial charge < -0.3 is 0 Å². The highest BCUT2D eigenvalue weighted by atomic mass is 35.5. The van der Waals surface area contributed by atoms with Crippen LogP contribution in [-0.4, -0.2) is 10.4 Å². The van der Waals surface area contributed by atoms with E-state index in [4.69, 9.17) is 11.6 Å². The van der Waals surface area contributed by atoms with Gasteiger partial charge in [0.05, 0.1) is 0 Å². The molecule has 0 radical (unpaired) electrons. The molecule has 0 saturated heterocycles. The Hall–Kier alpha value is -0.560. The van der Waals surface area contributed by atoms with E-state index in [0.29, 0.717) is 11.3 Å². The smallest absolute Gasteiger partial charge is 0.0342 e. The molecule has 0 aliphatic heterocycles. The molecular formula is C12H16ClN. The quantitative estimate of drug-likeness (QED) is 0.645. The van der Waals surface area contributed by atoms with Crippen LogP contribution in [0.1, 0.15) is 37.7 Å². The van der Waals surface area contributed by atoms with Crippen molar-refractivity contribution in [1.82, 2.24) is 4.98 Å². The van der Waals surface area contributed by atoms with E-state index in [1.807, 2.05) is 18.5 Å². The highest BCUT2D eigenvalue weighted by Crippen LogP contribution is 2.39. The number of pyridine rings is 1. The van der Waals surface area contributed by atoms with Crippen LogP contribution in [0.5, 0.6) is 0 Å². The fourth-order valence-corrected chi connectivity index (χ4v) is 2.65. The van der Waals surface area contributed by atoms with E-state index in [1.54, 1.807) is 0 Å². The van der Waals surface area contributed by atoms with Crippen molar-refractivity contribution in [3.8, 4) is 0 Å². The molecule has 3 atom stereocenters. The maximum Gasteiger partial charge on any atom is 0.0342 e. The Labute approximate surface area is 90.5 Å². The molecule has 0 bridgehead atoms. The van der Waals surface area contributed by atoms with Crippen LogP contribution in [-0.2, 0) is 0 Å². The molecule has 1 heterocycles. The summed E-state index contributed by atoms with van der Waals surface area (Å²) in [7, 11) is 0. The highest BCUT2D eigenvalue weighted by molar-refractivity contribution is 6.20. The maximum atomic E-state index is 6.21. The van der Waals surface area contributed by atoms with Crippen LogP contribution in [0.4, 0.5) is 0 Å². The molecule has 1 nitrogen and oxygen atoms in total. The van der Waals surface area contributed by atoms with E-state index < -0.39 is 0 Å². The second kappa shape index (κ2) is 4.31.